The van der Waals surface area contributed by atoms with E-state index in [9.17, 15) is 28.4 Å². The van der Waals surface area contributed by atoms with Gasteiger partial charge < -0.3 is 30.3 Å². The fourth-order valence-electron chi connectivity index (χ4n) is 7.96. The van der Waals surface area contributed by atoms with E-state index >= 15 is 0 Å². The number of ketones is 1. The van der Waals surface area contributed by atoms with Gasteiger partial charge in [0.1, 0.15) is 17.3 Å². The minimum Gasteiger partial charge on any atom is -0.379 e. The number of benzene rings is 1. The Morgan fingerprint density at radius 3 is 2.32 bits per heavy atom. The van der Waals surface area contributed by atoms with Crippen LogP contribution < -0.4 is 31.7 Å². The Hall–Kier alpha value is -6.22. The molecule has 1 saturated carbocycles. The lowest BCUT2D eigenvalue weighted by molar-refractivity contribution is -0.122. The summed E-state index contributed by atoms with van der Waals surface area (Å²) in [4.78, 5) is 87.5. The second kappa shape index (κ2) is 21.6. The van der Waals surface area contributed by atoms with Gasteiger partial charge in [-0.25, -0.2) is 19.3 Å². The smallest absolute Gasteiger partial charge is 0.263 e. The maximum absolute atomic E-state index is 14.0. The van der Waals surface area contributed by atoms with Crippen molar-refractivity contribution in [1.82, 2.24) is 34.7 Å². The van der Waals surface area contributed by atoms with Crippen LogP contribution in [0, 0.1) is 26.6 Å². The first-order valence-corrected chi connectivity index (χ1v) is 22.6. The quantitative estimate of drug-likeness (QED) is 0.0610. The van der Waals surface area contributed by atoms with Crippen molar-refractivity contribution in [2.24, 2.45) is 0 Å². The number of nitrogens with zero attached hydrogens (tertiary/aromatic N) is 7. The number of piperazine rings is 1. The Kier molecular flexibility index (Phi) is 15.6. The average molecular weight is 912 g/mol. The second-order valence-electron chi connectivity index (χ2n) is 16.1. The third kappa shape index (κ3) is 11.9. The van der Waals surface area contributed by atoms with Gasteiger partial charge in [-0.1, -0.05) is 12.8 Å². The summed E-state index contributed by atoms with van der Waals surface area (Å²) in [5.74, 6) is -1.06. The fourth-order valence-corrected chi connectivity index (χ4v) is 8.77. The van der Waals surface area contributed by atoms with E-state index in [-0.39, 0.29) is 72.9 Å². The molecule has 0 atom stereocenters. The molecule has 3 amide bonds. The molecule has 4 N–H and O–H groups in total. The van der Waals surface area contributed by atoms with Crippen LogP contribution in [0.5, 0.6) is 0 Å². The van der Waals surface area contributed by atoms with E-state index in [0.29, 0.717) is 59.7 Å². The number of nitrogens with one attached hydrogen (secondary N) is 4. The predicted octanol–water partition coefficient (Wildman–Crippen LogP) is 5.32. The molecule has 0 bridgehead atoms. The van der Waals surface area contributed by atoms with Gasteiger partial charge in [-0.3, -0.25) is 38.8 Å². The number of ether oxygens (including phenoxy) is 2. The van der Waals surface area contributed by atoms with Gasteiger partial charge in [0, 0.05) is 55.2 Å². The second-order valence-corrected chi connectivity index (χ2v) is 17.3. The molecule has 1 aromatic carbocycles. The molecule has 65 heavy (non-hydrogen) atoms. The standard InChI is InChI=1S/C45H54FN11O7S/c1-27-35-25-49-44(53-41(35)57(32-7-5-6-8-32)43(62)40(27)29(3)58)52-37-12-10-33(24-48-37)56-17-15-55(16-18-56)26-39(60)47-14-20-64-22-21-63-19-13-38(59)51-36-23-31(46)9-11-34(36)42(61)54-45-50-28(2)30(4)65-45/h9-12,23-25,32H,5-8,13-22,26H2,1-4H3,(H,47,60)(H,51,59)(H,50,54,61)(H,48,49,52,53). The number of pyridine rings is 2. The maximum Gasteiger partial charge on any atom is 0.263 e. The number of thiazole rings is 1. The molecule has 7 rings (SSSR count). The van der Waals surface area contributed by atoms with Crippen molar-refractivity contribution in [3.8, 4) is 0 Å². The molecule has 0 unspecified atom stereocenters. The van der Waals surface area contributed by atoms with E-state index in [0.717, 1.165) is 67.2 Å². The molecular formula is C45H54FN11O7S. The van der Waals surface area contributed by atoms with E-state index < -0.39 is 17.6 Å². The van der Waals surface area contributed by atoms with E-state index in [1.54, 1.807) is 23.9 Å². The number of fused-ring (bicyclic) bond motifs is 1. The minimum absolute atomic E-state index is 0.0130. The Balaban J connectivity index is 0.768. The van der Waals surface area contributed by atoms with Crippen LogP contribution in [0.3, 0.4) is 0 Å². The highest BCUT2D eigenvalue weighted by Gasteiger charge is 2.26. The molecule has 1 saturated heterocycles. The van der Waals surface area contributed by atoms with E-state index in [1.165, 1.54) is 24.3 Å². The summed E-state index contributed by atoms with van der Waals surface area (Å²) in [5, 5.41) is 12.4. The Labute approximate surface area is 379 Å². The molecular weight excluding hydrogens is 858 g/mol. The lowest BCUT2D eigenvalue weighted by atomic mass is 10.0. The van der Waals surface area contributed by atoms with Gasteiger partial charge in [0.15, 0.2) is 10.9 Å². The Bertz CT molecular complexity index is 2570. The van der Waals surface area contributed by atoms with Crippen LogP contribution in [-0.2, 0) is 19.1 Å². The highest BCUT2D eigenvalue weighted by molar-refractivity contribution is 7.15. The van der Waals surface area contributed by atoms with Gasteiger partial charge in [0.25, 0.3) is 11.5 Å². The van der Waals surface area contributed by atoms with Crippen molar-refractivity contribution in [1.29, 1.82) is 0 Å². The number of halogens is 1. The zero-order chi connectivity index (χ0) is 46.0. The summed E-state index contributed by atoms with van der Waals surface area (Å²) < 4.78 is 26.8. The fraction of sp³-hybridized carbons (Fsp3) is 0.444. The van der Waals surface area contributed by atoms with Gasteiger partial charge in [0.05, 0.1) is 73.8 Å². The number of Topliss-reactive ketones (excluding diaryl/α,β-unsaturated/α-hetero) is 1. The number of amides is 3. The maximum atomic E-state index is 14.0. The third-order valence-corrected chi connectivity index (χ3v) is 12.5. The predicted molar refractivity (Wildman–Crippen MR) is 246 cm³/mol. The van der Waals surface area contributed by atoms with Crippen LogP contribution in [0.1, 0.15) is 81.9 Å². The molecule has 1 aliphatic carbocycles. The minimum atomic E-state index is -0.597. The van der Waals surface area contributed by atoms with Crippen molar-refractivity contribution < 1.29 is 33.0 Å². The van der Waals surface area contributed by atoms with Crippen LogP contribution >= 0.6 is 11.3 Å². The molecule has 20 heteroatoms. The molecule has 1 aliphatic heterocycles. The summed E-state index contributed by atoms with van der Waals surface area (Å²) in [6.07, 6.45) is 7.20. The first-order valence-electron chi connectivity index (χ1n) is 21.7. The van der Waals surface area contributed by atoms with Gasteiger partial charge in [0.2, 0.25) is 17.8 Å². The first-order chi connectivity index (χ1) is 31.3. The molecule has 344 valence electrons. The van der Waals surface area contributed by atoms with Gasteiger partial charge in [-0.15, -0.1) is 11.3 Å². The molecule has 5 heterocycles. The van der Waals surface area contributed by atoms with Gasteiger partial charge in [-0.2, -0.15) is 4.98 Å². The zero-order valence-electron chi connectivity index (χ0n) is 37.0. The largest absolute Gasteiger partial charge is 0.379 e. The Morgan fingerprint density at radius 2 is 1.63 bits per heavy atom. The van der Waals surface area contributed by atoms with Crippen molar-refractivity contribution in [3.05, 3.63) is 86.2 Å². The molecule has 0 radical (unpaired) electrons. The molecule has 4 aromatic heterocycles. The van der Waals surface area contributed by atoms with Crippen LogP contribution in [-0.4, -0.2) is 119 Å². The molecule has 5 aromatic rings. The molecule has 18 nitrogen and oxygen atoms in total. The summed E-state index contributed by atoms with van der Waals surface area (Å²) in [6.45, 7) is 11.2. The summed E-state index contributed by atoms with van der Waals surface area (Å²) >= 11 is 1.33. The van der Waals surface area contributed by atoms with Crippen LogP contribution in [0.25, 0.3) is 11.0 Å². The van der Waals surface area contributed by atoms with Crippen LogP contribution in [0.4, 0.5) is 32.7 Å². The summed E-state index contributed by atoms with van der Waals surface area (Å²) in [6, 6.07) is 7.36. The summed E-state index contributed by atoms with van der Waals surface area (Å²) in [7, 11) is 0. The third-order valence-electron chi connectivity index (χ3n) is 11.5. The first kappa shape index (κ1) is 46.8. The molecule has 0 spiro atoms. The number of aromatic nitrogens is 5. The van der Waals surface area contributed by atoms with Gasteiger partial charge >= 0.3 is 0 Å². The van der Waals surface area contributed by atoms with Crippen molar-refractivity contribution in [3.63, 3.8) is 0 Å². The monoisotopic (exact) mass is 911 g/mol. The zero-order valence-corrected chi connectivity index (χ0v) is 37.8. The molecule has 2 aliphatic rings. The highest BCUT2D eigenvalue weighted by Crippen LogP contribution is 2.32. The number of hydrogen-bond donors (Lipinski definition) is 4. The number of hydrogen-bond acceptors (Lipinski definition) is 15. The van der Waals surface area contributed by atoms with Crippen molar-refractivity contribution in [2.45, 2.75) is 65.8 Å². The Morgan fingerprint density at radius 1 is 0.877 bits per heavy atom. The molecule has 2 fully saturated rings. The average Bonchev–Trinajstić information content (AvgIpc) is 3.92. The SMILES string of the molecule is CC(=O)c1c(C)c2cnc(Nc3ccc(N4CCN(CC(=O)NCCOCCOCCC(=O)Nc5cc(F)ccc5C(=O)Nc5nc(C)c(C)s5)CC4)cn3)nc2n(C2CCCC2)c1=O. The number of rotatable bonds is 19. The topological polar surface area (TPSA) is 215 Å². The van der Waals surface area contributed by atoms with Crippen molar-refractivity contribution >= 4 is 74.1 Å². The number of carbonyl (C=O) groups excluding carboxylic acids is 4. The lowest BCUT2D eigenvalue weighted by Gasteiger charge is -2.35. The normalized spacial score (nSPS) is 14.4. The highest BCUT2D eigenvalue weighted by atomic mass is 32.1. The van der Waals surface area contributed by atoms with Crippen LogP contribution in [0.15, 0.2) is 47.5 Å². The van der Waals surface area contributed by atoms with Gasteiger partial charge in [-0.05, 0) is 76.4 Å². The number of aryl methyl sites for hydroxylation is 3. The summed E-state index contributed by atoms with van der Waals surface area (Å²) in [5.41, 5.74) is 2.91. The van der Waals surface area contributed by atoms with E-state index in [2.05, 4.69) is 46.0 Å². The number of carbonyl (C=O) groups is 4. The van der Waals surface area contributed by atoms with E-state index in [4.69, 9.17) is 14.5 Å². The lowest BCUT2D eigenvalue weighted by Crippen LogP contribution is -2.49. The van der Waals surface area contributed by atoms with E-state index in [1.807, 2.05) is 26.0 Å². The number of anilines is 5. The van der Waals surface area contributed by atoms with Crippen LogP contribution in [0.2, 0.25) is 0 Å². The van der Waals surface area contributed by atoms with Crippen molar-refractivity contribution in [2.75, 3.05) is 86.5 Å².